The quantitative estimate of drug-likeness (QED) is 0.0893. The number of ether oxygens (including phenoxy) is 1. The van der Waals surface area contributed by atoms with Crippen molar-refractivity contribution in [1.29, 1.82) is 0 Å². The number of anilines is 1. The third-order valence-electron chi connectivity index (χ3n) is 7.30. The minimum atomic E-state index is -5.32. The number of alkyl halides is 3. The summed E-state index contributed by atoms with van der Waals surface area (Å²) in [5.41, 5.74) is 3.34. The third-order valence-corrected chi connectivity index (χ3v) is 7.30. The highest BCUT2D eigenvalue weighted by Crippen LogP contribution is 2.29. The van der Waals surface area contributed by atoms with E-state index >= 15 is 0 Å². The number of nitrogens with one attached hydrogen (secondary N) is 2. The lowest BCUT2D eigenvalue weighted by atomic mass is 9.97. The van der Waals surface area contributed by atoms with Gasteiger partial charge in [0.25, 0.3) is 0 Å². The van der Waals surface area contributed by atoms with E-state index in [1.807, 2.05) is 16.7 Å². The molecule has 0 fully saturated rings. The minimum absolute atomic E-state index is 0.172. The van der Waals surface area contributed by atoms with Crippen molar-refractivity contribution >= 4 is 34.7 Å². The van der Waals surface area contributed by atoms with E-state index in [9.17, 15) is 27.6 Å². The summed E-state index contributed by atoms with van der Waals surface area (Å²) in [6.45, 7) is 5.00. The van der Waals surface area contributed by atoms with Crippen LogP contribution in [-0.4, -0.2) is 40.2 Å². The second-order valence-electron chi connectivity index (χ2n) is 10.8. The summed E-state index contributed by atoms with van der Waals surface area (Å²) < 4.78 is 45.0. The van der Waals surface area contributed by atoms with Gasteiger partial charge in [0.15, 0.2) is 0 Å². The first-order chi connectivity index (χ1) is 21.6. The smallest absolute Gasteiger partial charge is 0.383 e. The Balaban J connectivity index is 1.67. The molecule has 2 N–H and O–H groups in total. The number of fused-ring (bicyclic) bond motifs is 1. The lowest BCUT2D eigenvalue weighted by Crippen LogP contribution is -2.29. The Labute approximate surface area is 260 Å². The molecule has 4 aromatic rings. The molecule has 1 heterocycles. The molecule has 45 heavy (non-hydrogen) atoms. The van der Waals surface area contributed by atoms with E-state index < -0.39 is 18.1 Å². The molecule has 0 saturated heterocycles. The maximum atomic E-state index is 12.9. The first-order valence-corrected chi connectivity index (χ1v) is 15.2. The maximum Gasteiger partial charge on any atom is 0.491 e. The van der Waals surface area contributed by atoms with Crippen LogP contribution in [0.1, 0.15) is 74.1 Å². The summed E-state index contributed by atoms with van der Waals surface area (Å²) in [5.74, 6) is -3.19. The predicted octanol–water partition coefficient (Wildman–Crippen LogP) is 8.04. The Bertz CT molecular complexity index is 1630. The van der Waals surface area contributed by atoms with Crippen LogP contribution in [-0.2, 0) is 22.5 Å². The molecule has 4 rings (SSSR count). The number of nitrogens with zero attached hydrogens (tertiary/aromatic N) is 2. The normalized spacial score (nSPS) is 11.4. The van der Waals surface area contributed by atoms with Crippen LogP contribution in [0.3, 0.4) is 0 Å². The number of benzene rings is 3. The predicted molar refractivity (Wildman–Crippen MR) is 167 cm³/mol. The molecular formula is C34H37F3N4O4. The van der Waals surface area contributed by atoms with Crippen LogP contribution in [0.2, 0.25) is 0 Å². The molecule has 8 nitrogen and oxygen atoms in total. The highest BCUT2D eigenvalue weighted by atomic mass is 19.4. The van der Waals surface area contributed by atoms with E-state index in [1.54, 1.807) is 48.5 Å². The van der Waals surface area contributed by atoms with E-state index in [0.29, 0.717) is 40.9 Å². The molecule has 0 atom stereocenters. The molecule has 0 aliphatic carbocycles. The number of carbonyl (C=O) groups is 3. The van der Waals surface area contributed by atoms with E-state index in [0.717, 1.165) is 49.9 Å². The van der Waals surface area contributed by atoms with Gasteiger partial charge in [0, 0.05) is 25.2 Å². The van der Waals surface area contributed by atoms with Crippen LogP contribution >= 0.6 is 0 Å². The molecule has 0 radical (unpaired) electrons. The van der Waals surface area contributed by atoms with E-state index in [1.165, 1.54) is 6.07 Å². The van der Waals surface area contributed by atoms with Gasteiger partial charge < -0.3 is 19.9 Å². The number of aryl methyl sites for hydroxylation is 1. The minimum Gasteiger partial charge on any atom is -0.383 e. The zero-order valence-corrected chi connectivity index (χ0v) is 25.4. The Hall–Kier alpha value is -4.67. The number of esters is 2. The molecule has 0 aliphatic rings. The second-order valence-corrected chi connectivity index (χ2v) is 10.8. The topological polar surface area (TPSA) is 102 Å². The number of rotatable bonds is 13. The van der Waals surface area contributed by atoms with Gasteiger partial charge in [-0.15, -0.1) is 0 Å². The van der Waals surface area contributed by atoms with Crippen LogP contribution in [0.15, 0.2) is 66.7 Å². The van der Waals surface area contributed by atoms with Gasteiger partial charge in [-0.25, -0.2) is 19.4 Å². The van der Waals surface area contributed by atoms with Crippen LogP contribution in [0.25, 0.3) is 22.2 Å². The van der Waals surface area contributed by atoms with E-state index in [2.05, 4.69) is 29.2 Å². The van der Waals surface area contributed by atoms with Crippen LogP contribution < -0.4 is 10.6 Å². The summed E-state index contributed by atoms with van der Waals surface area (Å²) in [4.78, 5) is 41.8. The molecule has 0 bridgehead atoms. The van der Waals surface area contributed by atoms with Gasteiger partial charge in [0.05, 0.1) is 16.6 Å². The Morgan fingerprint density at radius 2 is 1.64 bits per heavy atom. The molecule has 238 valence electrons. The van der Waals surface area contributed by atoms with Crippen molar-refractivity contribution in [2.45, 2.75) is 71.5 Å². The molecule has 0 saturated carbocycles. The van der Waals surface area contributed by atoms with Gasteiger partial charge in [-0.2, -0.15) is 13.2 Å². The molecule has 0 spiro atoms. The largest absolute Gasteiger partial charge is 0.491 e. The molecule has 2 amide bonds. The van der Waals surface area contributed by atoms with Gasteiger partial charge in [-0.3, -0.25) is 0 Å². The van der Waals surface area contributed by atoms with Gasteiger partial charge in [-0.1, -0.05) is 82.0 Å². The number of halogens is 3. The lowest BCUT2D eigenvalue weighted by molar-refractivity contribution is -0.193. The summed E-state index contributed by atoms with van der Waals surface area (Å²) in [6.07, 6.45) is 1.34. The molecule has 0 unspecified atom stereocenters. The fourth-order valence-corrected chi connectivity index (χ4v) is 4.99. The number of carbonyl (C=O) groups excluding carboxylic acids is 3. The average molecular weight is 623 g/mol. The molecule has 0 aliphatic heterocycles. The zero-order valence-electron chi connectivity index (χ0n) is 25.4. The number of unbranched alkanes of at least 4 members (excludes halogenated alkanes) is 4. The average Bonchev–Trinajstić information content (AvgIpc) is 3.35. The highest BCUT2D eigenvalue weighted by Gasteiger charge is 2.42. The Kier molecular flexibility index (Phi) is 11.3. The van der Waals surface area contributed by atoms with Crippen molar-refractivity contribution in [3.05, 3.63) is 83.7 Å². The van der Waals surface area contributed by atoms with Gasteiger partial charge in [0.1, 0.15) is 5.82 Å². The van der Waals surface area contributed by atoms with Crippen molar-refractivity contribution in [3.63, 3.8) is 0 Å². The Morgan fingerprint density at radius 3 is 2.36 bits per heavy atom. The van der Waals surface area contributed by atoms with E-state index in [4.69, 9.17) is 4.98 Å². The van der Waals surface area contributed by atoms with Gasteiger partial charge in [-0.05, 0) is 53.8 Å². The van der Waals surface area contributed by atoms with Crippen LogP contribution in [0.5, 0.6) is 0 Å². The number of aromatic nitrogens is 2. The maximum absolute atomic E-state index is 12.9. The zero-order chi connectivity index (χ0) is 32.4. The standard InChI is InChI=1S/C34H37F3N4O4/c1-3-5-7-11-19-38-33(44)39-25-16-18-28-29(21-25)41(30(40-28)14-6-4-2)22-23-15-17-26(24-12-9-8-10-13-24)27(20-23)31(42)45-32(43)34(35,36)37/h8-10,12-13,15-18,20-21H,3-7,11,14,19,22H2,1-2H3,(H2,38,39,44). The summed E-state index contributed by atoms with van der Waals surface area (Å²) >= 11 is 0. The van der Waals surface area contributed by atoms with Crippen molar-refractivity contribution in [2.24, 2.45) is 0 Å². The fraction of sp³-hybridized carbons (Fsp3) is 0.353. The fourth-order valence-electron chi connectivity index (χ4n) is 4.99. The summed E-state index contributed by atoms with van der Waals surface area (Å²) in [7, 11) is 0. The second kappa shape index (κ2) is 15.4. The third kappa shape index (κ3) is 8.93. The van der Waals surface area contributed by atoms with E-state index in [-0.39, 0.29) is 18.1 Å². The van der Waals surface area contributed by atoms with Gasteiger partial charge in [0.2, 0.25) is 0 Å². The Morgan fingerprint density at radius 1 is 0.889 bits per heavy atom. The molecule has 11 heteroatoms. The van der Waals surface area contributed by atoms with Gasteiger partial charge >= 0.3 is 24.1 Å². The number of hydrogen-bond donors (Lipinski definition) is 2. The number of imidazole rings is 1. The summed E-state index contributed by atoms with van der Waals surface area (Å²) in [5, 5.41) is 5.75. The lowest BCUT2D eigenvalue weighted by Gasteiger charge is -2.14. The first kappa shape index (κ1) is 33.2. The van der Waals surface area contributed by atoms with Crippen LogP contribution in [0, 0.1) is 0 Å². The van der Waals surface area contributed by atoms with Crippen LogP contribution in [0.4, 0.5) is 23.7 Å². The monoisotopic (exact) mass is 622 g/mol. The van der Waals surface area contributed by atoms with Crippen molar-refractivity contribution in [2.75, 3.05) is 11.9 Å². The number of hydrogen-bond acceptors (Lipinski definition) is 5. The highest BCUT2D eigenvalue weighted by molar-refractivity contribution is 6.03. The van der Waals surface area contributed by atoms with Crippen molar-refractivity contribution < 1.29 is 32.3 Å². The van der Waals surface area contributed by atoms with Crippen molar-refractivity contribution in [3.8, 4) is 11.1 Å². The number of urea groups is 1. The molecule has 3 aromatic carbocycles. The molecule has 1 aromatic heterocycles. The SMILES string of the molecule is CCCCCCNC(=O)Nc1ccc2nc(CCCC)n(Cc3ccc(-c4ccccc4)c(C(=O)OC(=O)C(F)(F)F)c3)c2c1. The molecular weight excluding hydrogens is 585 g/mol. The number of amides is 2. The summed E-state index contributed by atoms with van der Waals surface area (Å²) in [6, 6.07) is 18.6. The first-order valence-electron chi connectivity index (χ1n) is 15.2. The van der Waals surface area contributed by atoms with Crippen molar-refractivity contribution in [1.82, 2.24) is 14.9 Å².